The van der Waals surface area contributed by atoms with E-state index in [2.05, 4.69) is 5.32 Å². The number of hydrogen-bond acceptors (Lipinski definition) is 8. The minimum Gasteiger partial charge on any atom is -0.504 e. The summed E-state index contributed by atoms with van der Waals surface area (Å²) < 4.78 is 22.4. The highest BCUT2D eigenvalue weighted by Crippen LogP contribution is 2.58. The molecule has 0 saturated carbocycles. The van der Waals surface area contributed by atoms with Crippen LogP contribution >= 0.6 is 0 Å². The van der Waals surface area contributed by atoms with E-state index < -0.39 is 29.6 Å². The van der Waals surface area contributed by atoms with Gasteiger partial charge in [-0.05, 0) is 36.6 Å². The summed E-state index contributed by atoms with van der Waals surface area (Å²) in [6.07, 6.45) is 0.126. The average Bonchev–Trinajstić information content (AvgIpc) is 2.67. The number of fused-ring (bicyclic) bond motifs is 1. The normalized spacial score (nSPS) is 29.4. The molecule has 0 aromatic heterocycles. The Labute approximate surface area is 175 Å². The molecular formula is C22H27NO7. The van der Waals surface area contributed by atoms with Gasteiger partial charge in [-0.2, -0.15) is 0 Å². The number of carbonyl (C=O) groups is 2. The van der Waals surface area contributed by atoms with Gasteiger partial charge < -0.3 is 29.4 Å². The van der Waals surface area contributed by atoms with E-state index in [9.17, 15) is 14.7 Å². The number of esters is 2. The molecule has 0 spiro atoms. The number of piperidine rings is 1. The number of phenols is 1. The molecule has 1 aromatic rings. The zero-order chi connectivity index (χ0) is 21.6. The van der Waals surface area contributed by atoms with Crippen LogP contribution in [0.25, 0.3) is 0 Å². The highest BCUT2D eigenvalue weighted by atomic mass is 16.6. The molecule has 30 heavy (non-hydrogen) atoms. The van der Waals surface area contributed by atoms with Crippen molar-refractivity contribution >= 4 is 11.9 Å². The van der Waals surface area contributed by atoms with Gasteiger partial charge in [0.1, 0.15) is 11.9 Å². The Kier molecular flexibility index (Phi) is 5.13. The van der Waals surface area contributed by atoms with Gasteiger partial charge in [0.05, 0.1) is 14.2 Å². The van der Waals surface area contributed by atoms with Crippen molar-refractivity contribution in [2.24, 2.45) is 0 Å². The summed E-state index contributed by atoms with van der Waals surface area (Å²) in [5, 5.41) is 14.6. The molecule has 8 nitrogen and oxygen atoms in total. The molecule has 8 heteroatoms. The van der Waals surface area contributed by atoms with Gasteiger partial charge in [-0.3, -0.25) is 9.59 Å². The molecule has 162 valence electrons. The van der Waals surface area contributed by atoms with Crippen LogP contribution in [0.3, 0.4) is 0 Å². The third-order valence-corrected chi connectivity index (χ3v) is 6.40. The van der Waals surface area contributed by atoms with Crippen molar-refractivity contribution in [1.29, 1.82) is 0 Å². The molecule has 1 fully saturated rings. The number of phenolic OH excluding ortho intramolecular Hbond substituents is 1. The molecule has 4 atom stereocenters. The van der Waals surface area contributed by atoms with Crippen LogP contribution in [-0.4, -0.2) is 56.1 Å². The van der Waals surface area contributed by atoms with E-state index in [0.717, 1.165) is 23.2 Å². The van der Waals surface area contributed by atoms with E-state index in [1.54, 1.807) is 6.07 Å². The van der Waals surface area contributed by atoms with Gasteiger partial charge >= 0.3 is 11.9 Å². The number of aromatic hydroxyl groups is 1. The zero-order valence-corrected chi connectivity index (χ0v) is 17.6. The van der Waals surface area contributed by atoms with Crippen LogP contribution in [0.15, 0.2) is 23.5 Å². The summed E-state index contributed by atoms with van der Waals surface area (Å²) in [4.78, 5) is 23.7. The molecule has 2 N–H and O–H groups in total. The van der Waals surface area contributed by atoms with Gasteiger partial charge in [0.15, 0.2) is 17.6 Å². The maximum absolute atomic E-state index is 11.9. The van der Waals surface area contributed by atoms with E-state index in [-0.39, 0.29) is 11.8 Å². The van der Waals surface area contributed by atoms with Crippen molar-refractivity contribution in [3.05, 3.63) is 34.6 Å². The van der Waals surface area contributed by atoms with Crippen molar-refractivity contribution in [3.8, 4) is 11.5 Å². The lowest BCUT2D eigenvalue weighted by Gasteiger charge is -2.54. The predicted molar refractivity (Wildman–Crippen MR) is 106 cm³/mol. The standard InChI is InChI=1S/C22H27NO7/c1-11(24)29-16-10-22-7-8-23-14(18(22)21(28-4)20(16)30-12(2)25)9-13-5-6-15(27-3)19(26)17(13)22/h5-6,14,16,20,23,26H,7-10H2,1-4H3/t14-,16?,20?,22+/m1/s1. The summed E-state index contributed by atoms with van der Waals surface area (Å²) in [6, 6.07) is 3.70. The molecular weight excluding hydrogens is 390 g/mol. The molecule has 1 aromatic carbocycles. The maximum Gasteiger partial charge on any atom is 0.303 e. The number of ether oxygens (including phenoxy) is 4. The summed E-state index contributed by atoms with van der Waals surface area (Å²) in [5.41, 5.74) is 2.12. The Morgan fingerprint density at radius 1 is 1.13 bits per heavy atom. The van der Waals surface area contributed by atoms with Gasteiger partial charge in [0.25, 0.3) is 0 Å². The second-order valence-corrected chi connectivity index (χ2v) is 8.06. The van der Waals surface area contributed by atoms with Crippen LogP contribution < -0.4 is 10.1 Å². The van der Waals surface area contributed by atoms with Gasteiger partial charge in [0, 0.05) is 37.3 Å². The summed E-state index contributed by atoms with van der Waals surface area (Å²) in [7, 11) is 3.04. The van der Waals surface area contributed by atoms with E-state index in [1.807, 2.05) is 6.07 Å². The molecule has 1 saturated heterocycles. The fourth-order valence-corrected chi connectivity index (χ4v) is 5.51. The molecule has 0 amide bonds. The Morgan fingerprint density at radius 2 is 1.87 bits per heavy atom. The number of benzene rings is 1. The van der Waals surface area contributed by atoms with Crippen LogP contribution in [0.4, 0.5) is 0 Å². The monoisotopic (exact) mass is 417 g/mol. The van der Waals surface area contributed by atoms with Crippen molar-refractivity contribution < 1.29 is 33.6 Å². The smallest absolute Gasteiger partial charge is 0.303 e. The molecule has 0 radical (unpaired) electrons. The Hall–Kier alpha value is -2.74. The van der Waals surface area contributed by atoms with Gasteiger partial charge in [-0.15, -0.1) is 0 Å². The number of methoxy groups -OCH3 is 2. The van der Waals surface area contributed by atoms with Crippen LogP contribution in [0.2, 0.25) is 0 Å². The SMILES string of the molecule is COC1=C2[C@H]3Cc4ccc(OC)c(O)c4[C@]2(CCN3)CC(OC(C)=O)C1OC(C)=O. The van der Waals surface area contributed by atoms with Crippen LogP contribution in [-0.2, 0) is 35.6 Å². The molecule has 2 aliphatic carbocycles. The Balaban J connectivity index is 1.98. The summed E-state index contributed by atoms with van der Waals surface area (Å²) in [6.45, 7) is 3.38. The number of hydrogen-bond donors (Lipinski definition) is 2. The molecule has 2 bridgehead atoms. The number of carbonyl (C=O) groups excluding carboxylic acids is 2. The van der Waals surface area contributed by atoms with Crippen LogP contribution in [0.5, 0.6) is 11.5 Å². The zero-order valence-electron chi connectivity index (χ0n) is 17.6. The predicted octanol–water partition coefficient (Wildman–Crippen LogP) is 1.72. The molecule has 3 aliphatic rings. The van der Waals surface area contributed by atoms with Gasteiger partial charge in [0.2, 0.25) is 0 Å². The minimum atomic E-state index is -0.837. The highest BCUT2D eigenvalue weighted by Gasteiger charge is 2.58. The second-order valence-electron chi connectivity index (χ2n) is 8.06. The third kappa shape index (κ3) is 3.01. The summed E-state index contributed by atoms with van der Waals surface area (Å²) in [5.74, 6) is 0.0130. The van der Waals surface area contributed by atoms with E-state index in [4.69, 9.17) is 18.9 Å². The first-order valence-electron chi connectivity index (χ1n) is 10.1. The summed E-state index contributed by atoms with van der Waals surface area (Å²) >= 11 is 0. The second kappa shape index (κ2) is 7.50. The quantitative estimate of drug-likeness (QED) is 0.714. The number of rotatable bonds is 4. The van der Waals surface area contributed by atoms with Gasteiger partial charge in [-0.25, -0.2) is 0 Å². The minimum absolute atomic E-state index is 0.0367. The third-order valence-electron chi connectivity index (χ3n) is 6.40. The van der Waals surface area contributed by atoms with Gasteiger partial charge in [-0.1, -0.05) is 6.07 Å². The van der Waals surface area contributed by atoms with Crippen molar-refractivity contribution in [2.75, 3.05) is 20.8 Å². The van der Waals surface area contributed by atoms with Crippen molar-refractivity contribution in [3.63, 3.8) is 0 Å². The van der Waals surface area contributed by atoms with Crippen molar-refractivity contribution in [2.45, 2.75) is 56.8 Å². The topological polar surface area (TPSA) is 103 Å². The van der Waals surface area contributed by atoms with Crippen LogP contribution in [0, 0.1) is 0 Å². The van der Waals surface area contributed by atoms with E-state index in [1.165, 1.54) is 28.1 Å². The first kappa shape index (κ1) is 20.5. The molecule has 1 aliphatic heterocycles. The highest BCUT2D eigenvalue weighted by molar-refractivity contribution is 5.69. The first-order chi connectivity index (χ1) is 14.3. The fourth-order valence-electron chi connectivity index (χ4n) is 5.51. The lowest BCUT2D eigenvalue weighted by Crippen LogP contribution is -2.60. The molecule has 2 unspecified atom stereocenters. The van der Waals surface area contributed by atoms with E-state index >= 15 is 0 Å². The van der Waals surface area contributed by atoms with Crippen molar-refractivity contribution in [1.82, 2.24) is 5.32 Å². The first-order valence-corrected chi connectivity index (χ1v) is 10.1. The molecule has 4 rings (SSSR count). The van der Waals surface area contributed by atoms with Crippen LogP contribution in [0.1, 0.15) is 37.8 Å². The molecule has 1 heterocycles. The number of nitrogens with one attached hydrogen (secondary N) is 1. The lowest BCUT2D eigenvalue weighted by atomic mass is 9.55. The largest absolute Gasteiger partial charge is 0.504 e. The Bertz CT molecular complexity index is 924. The lowest BCUT2D eigenvalue weighted by molar-refractivity contribution is -0.168. The van der Waals surface area contributed by atoms with E-state index in [0.29, 0.717) is 30.8 Å². The Morgan fingerprint density at radius 3 is 2.50 bits per heavy atom. The average molecular weight is 417 g/mol. The maximum atomic E-state index is 11.9. The fraction of sp³-hybridized carbons (Fsp3) is 0.545.